The maximum Gasteiger partial charge on any atom is 0.472 e. The molecule has 0 saturated carbocycles. The summed E-state index contributed by atoms with van der Waals surface area (Å²) in [5.74, 6) is 0.221. The third-order valence-corrected chi connectivity index (χ3v) is 9.56. The summed E-state index contributed by atoms with van der Waals surface area (Å²) in [6, 6.07) is 1.51. The fourth-order valence-corrected chi connectivity index (χ4v) is 6.57. The molecular weight excluding hydrogens is 599 g/mol. The Morgan fingerprint density at radius 2 is 1.47 bits per heavy atom. The lowest BCUT2D eigenvalue weighted by molar-refractivity contribution is -0.0551. The largest absolute Gasteiger partial charge is 0.472 e. The van der Waals surface area contributed by atoms with Crippen LogP contribution >= 0.6 is 7.82 Å². The van der Waals surface area contributed by atoms with Crippen LogP contribution in [0.1, 0.15) is 129 Å². The average molecular weight is 657 g/mol. The van der Waals surface area contributed by atoms with Crippen LogP contribution in [0.4, 0.5) is 5.82 Å². The van der Waals surface area contributed by atoms with Crippen molar-refractivity contribution in [1.29, 1.82) is 0 Å². The number of phosphoric ester groups is 1. The van der Waals surface area contributed by atoms with Crippen molar-refractivity contribution in [1.82, 2.24) is 14.5 Å². The standard InChI is InChI=1S/C32H57N4O8P/c1-2-3-4-5-6-7-8-9-10-11-12-13-14-15-16-19-24-42-45(40,41)43-25-27-29(37)30(38)31(44-27)36-23-20-28(34-32(36)39)33-26-35-21-17-18-22-35/h20,23,26-27,29-31,37-38H,2-19,21-22,24-25H2,1H3,(H,40,41)/b33-26+/t27-,29+,30?,31-/m1/s1. The number of aliphatic hydroxyl groups excluding tert-OH is 2. The van der Waals surface area contributed by atoms with Crippen molar-refractivity contribution < 1.29 is 33.5 Å². The van der Waals surface area contributed by atoms with Gasteiger partial charge in [-0.1, -0.05) is 103 Å². The minimum absolute atomic E-state index is 0.0825. The van der Waals surface area contributed by atoms with Gasteiger partial charge >= 0.3 is 13.5 Å². The molecule has 2 aliphatic rings. The van der Waals surface area contributed by atoms with Gasteiger partial charge in [-0.2, -0.15) is 4.98 Å². The number of hydrogen-bond donors (Lipinski definition) is 3. The Hall–Kier alpha value is -1.66. The molecule has 2 aliphatic heterocycles. The summed E-state index contributed by atoms with van der Waals surface area (Å²) in [4.78, 5) is 32.8. The second kappa shape index (κ2) is 21.3. The van der Waals surface area contributed by atoms with Gasteiger partial charge in [0.2, 0.25) is 0 Å². The predicted molar refractivity (Wildman–Crippen MR) is 175 cm³/mol. The van der Waals surface area contributed by atoms with Crippen LogP contribution in [0.2, 0.25) is 0 Å². The number of likely N-dealkylation sites (tertiary alicyclic amines) is 1. The Bertz CT molecular complexity index is 1080. The first-order valence-electron chi connectivity index (χ1n) is 17.3. The van der Waals surface area contributed by atoms with Gasteiger partial charge in [-0.15, -0.1) is 0 Å². The van der Waals surface area contributed by atoms with E-state index in [0.29, 0.717) is 6.42 Å². The SMILES string of the molecule is CCCCCCCCCCCCCCCCCCOP(=O)(O)OC[C@H]1O[C@@H](n2ccc(/N=C/N3CCCC3)nc2=O)C(O)[C@H]1O. The van der Waals surface area contributed by atoms with Gasteiger partial charge in [0.1, 0.15) is 18.3 Å². The Kier molecular flexibility index (Phi) is 17.9. The molecule has 0 amide bonds. The summed E-state index contributed by atoms with van der Waals surface area (Å²) in [5, 5.41) is 20.9. The average Bonchev–Trinajstić information content (AvgIpc) is 3.64. The summed E-state index contributed by atoms with van der Waals surface area (Å²) >= 11 is 0. The number of phosphoric acid groups is 1. The number of nitrogens with zero attached hydrogens (tertiary/aromatic N) is 4. The first-order chi connectivity index (χ1) is 21.8. The molecule has 0 bridgehead atoms. The zero-order chi connectivity index (χ0) is 32.3. The van der Waals surface area contributed by atoms with Crippen molar-refractivity contribution >= 4 is 20.0 Å². The highest BCUT2D eigenvalue weighted by molar-refractivity contribution is 7.47. The molecule has 2 fully saturated rings. The lowest BCUT2D eigenvalue weighted by Crippen LogP contribution is -2.36. The van der Waals surface area contributed by atoms with Crippen molar-refractivity contribution in [3.05, 3.63) is 22.7 Å². The Morgan fingerprint density at radius 1 is 0.911 bits per heavy atom. The Balaban J connectivity index is 1.23. The third kappa shape index (κ3) is 14.3. The van der Waals surface area contributed by atoms with Gasteiger partial charge in [-0.3, -0.25) is 13.6 Å². The van der Waals surface area contributed by atoms with Gasteiger partial charge < -0.3 is 24.7 Å². The topological polar surface area (TPSA) is 156 Å². The Labute approximate surface area is 268 Å². The summed E-state index contributed by atoms with van der Waals surface area (Å²) < 4.78 is 29.2. The minimum atomic E-state index is -4.38. The maximum atomic E-state index is 12.6. The van der Waals surface area contributed by atoms with E-state index in [4.69, 9.17) is 13.8 Å². The van der Waals surface area contributed by atoms with E-state index in [1.165, 1.54) is 89.3 Å². The van der Waals surface area contributed by atoms with Gasteiger partial charge in [0.25, 0.3) is 0 Å². The molecule has 258 valence electrons. The van der Waals surface area contributed by atoms with E-state index in [9.17, 15) is 24.5 Å². The van der Waals surface area contributed by atoms with Crippen molar-refractivity contribution in [2.45, 2.75) is 147 Å². The number of aromatic nitrogens is 2. The lowest BCUT2D eigenvalue weighted by Gasteiger charge is -2.18. The van der Waals surface area contributed by atoms with Gasteiger partial charge in [-0.05, 0) is 25.3 Å². The van der Waals surface area contributed by atoms with Crippen molar-refractivity contribution in [2.75, 3.05) is 26.3 Å². The molecule has 2 unspecified atom stereocenters. The minimum Gasteiger partial charge on any atom is -0.387 e. The quantitative estimate of drug-likeness (QED) is 0.0521. The molecule has 0 spiro atoms. The number of ether oxygens (including phenoxy) is 1. The number of rotatable bonds is 24. The van der Waals surface area contributed by atoms with Crippen LogP contribution < -0.4 is 5.69 Å². The summed E-state index contributed by atoms with van der Waals surface area (Å²) in [6.45, 7) is 3.66. The number of unbranched alkanes of at least 4 members (excludes halogenated alkanes) is 15. The molecule has 12 nitrogen and oxygen atoms in total. The van der Waals surface area contributed by atoms with Gasteiger partial charge in [0.05, 0.1) is 19.6 Å². The van der Waals surface area contributed by atoms with E-state index in [1.807, 2.05) is 4.90 Å². The van der Waals surface area contributed by atoms with Crippen LogP contribution in [-0.4, -0.2) is 80.5 Å². The van der Waals surface area contributed by atoms with E-state index in [-0.39, 0.29) is 12.4 Å². The van der Waals surface area contributed by atoms with Gasteiger partial charge in [0, 0.05) is 19.3 Å². The van der Waals surface area contributed by atoms with E-state index < -0.39 is 44.7 Å². The third-order valence-electron chi connectivity index (χ3n) is 8.57. The number of hydrogen-bond acceptors (Lipinski definition) is 9. The second-order valence-corrected chi connectivity index (χ2v) is 13.9. The molecule has 0 radical (unpaired) electrons. The van der Waals surface area contributed by atoms with Crippen molar-refractivity contribution in [3.63, 3.8) is 0 Å². The van der Waals surface area contributed by atoms with Crippen LogP contribution in [0.15, 0.2) is 22.1 Å². The molecule has 0 aromatic carbocycles. The highest BCUT2D eigenvalue weighted by atomic mass is 31.2. The van der Waals surface area contributed by atoms with Crippen LogP contribution in [0.5, 0.6) is 0 Å². The first kappa shape index (κ1) is 37.8. The van der Waals surface area contributed by atoms with Gasteiger partial charge in [0.15, 0.2) is 12.0 Å². The van der Waals surface area contributed by atoms with E-state index in [0.717, 1.165) is 49.8 Å². The van der Waals surface area contributed by atoms with Crippen LogP contribution in [0.3, 0.4) is 0 Å². The second-order valence-electron chi connectivity index (χ2n) is 12.4. The monoisotopic (exact) mass is 656 g/mol. The molecule has 45 heavy (non-hydrogen) atoms. The fraction of sp³-hybridized carbons (Fsp3) is 0.844. The molecule has 3 N–H and O–H groups in total. The summed E-state index contributed by atoms with van der Waals surface area (Å²) in [6.07, 6.45) is 19.7. The molecule has 3 rings (SSSR count). The zero-order valence-corrected chi connectivity index (χ0v) is 28.1. The van der Waals surface area contributed by atoms with Crippen LogP contribution in [0, 0.1) is 0 Å². The van der Waals surface area contributed by atoms with Crippen molar-refractivity contribution in [2.24, 2.45) is 4.99 Å². The smallest absolute Gasteiger partial charge is 0.387 e. The van der Waals surface area contributed by atoms with Crippen LogP contribution in [-0.2, 0) is 18.3 Å². The summed E-state index contributed by atoms with van der Waals surface area (Å²) in [5.41, 5.74) is -0.709. The number of aliphatic imine (C=N–C) groups is 1. The van der Waals surface area contributed by atoms with E-state index >= 15 is 0 Å². The molecule has 5 atom stereocenters. The number of aliphatic hydroxyl groups is 2. The lowest BCUT2D eigenvalue weighted by atomic mass is 10.0. The molecule has 1 aromatic rings. The highest BCUT2D eigenvalue weighted by Crippen LogP contribution is 2.44. The van der Waals surface area contributed by atoms with Crippen molar-refractivity contribution in [3.8, 4) is 0 Å². The maximum absolute atomic E-state index is 12.6. The fourth-order valence-electron chi connectivity index (χ4n) is 5.80. The first-order valence-corrected chi connectivity index (χ1v) is 18.8. The predicted octanol–water partition coefficient (Wildman–Crippen LogP) is 6.01. The van der Waals surface area contributed by atoms with Gasteiger partial charge in [-0.25, -0.2) is 14.4 Å². The normalized spacial score (nSPS) is 23.3. The molecule has 1 aromatic heterocycles. The summed E-state index contributed by atoms with van der Waals surface area (Å²) in [7, 11) is -4.38. The molecule has 0 aliphatic carbocycles. The molecule has 3 heterocycles. The molecule has 2 saturated heterocycles. The molecular formula is C32H57N4O8P. The van der Waals surface area contributed by atoms with E-state index in [1.54, 1.807) is 6.34 Å². The zero-order valence-electron chi connectivity index (χ0n) is 27.2. The van der Waals surface area contributed by atoms with Crippen LogP contribution in [0.25, 0.3) is 0 Å². The highest BCUT2D eigenvalue weighted by Gasteiger charge is 2.45. The Morgan fingerprint density at radius 3 is 2.02 bits per heavy atom. The molecule has 13 heteroatoms. The van der Waals surface area contributed by atoms with E-state index in [2.05, 4.69) is 16.9 Å².